The number of benzene rings is 2. The summed E-state index contributed by atoms with van der Waals surface area (Å²) < 4.78 is 25.4. The van der Waals surface area contributed by atoms with E-state index in [9.17, 15) is 14.4 Å². The first-order chi connectivity index (χ1) is 12.1. The van der Waals surface area contributed by atoms with Crippen LogP contribution in [-0.2, 0) is 22.7 Å². The van der Waals surface area contributed by atoms with Crippen LogP contribution in [0.3, 0.4) is 0 Å². The van der Waals surface area contributed by atoms with E-state index in [2.05, 4.69) is 21.1 Å². The molecule has 2 aromatic carbocycles. The number of anilines is 1. The fourth-order valence-electron chi connectivity index (χ4n) is 3.08. The molecule has 0 aliphatic carbocycles. The minimum atomic E-state index is -0.458. The number of amides is 1. The van der Waals surface area contributed by atoms with Crippen molar-refractivity contribution < 1.29 is 23.9 Å². The number of nitrogens with zero attached hydrogens (tertiary/aromatic N) is 2. The van der Waals surface area contributed by atoms with Gasteiger partial charge in [-0.2, -0.15) is 0 Å². The molecule has 2 aromatic rings. The quantitative estimate of drug-likeness (QED) is 0.613. The highest BCUT2D eigenvalue weighted by Gasteiger charge is 2.35. The van der Waals surface area contributed by atoms with Crippen LogP contribution in [0, 0.1) is 5.82 Å². The zero-order chi connectivity index (χ0) is 17.6. The molecule has 2 aliphatic heterocycles. The van der Waals surface area contributed by atoms with E-state index in [0.717, 1.165) is 4.47 Å². The Morgan fingerprint density at radius 3 is 2.96 bits per heavy atom. The molecule has 6 nitrogen and oxygen atoms in total. The van der Waals surface area contributed by atoms with Gasteiger partial charge in [-0.15, -0.1) is 0 Å². The van der Waals surface area contributed by atoms with E-state index in [1.165, 1.54) is 17.0 Å². The van der Waals surface area contributed by atoms with Crippen molar-refractivity contribution in [1.29, 1.82) is 0 Å². The standard InChI is InChI=1S/C17H12BrFN2O4/c18-11-1-2-14-13(5-11)15(20-23)17(22)21(14)6-9-3-12(19)4-10-7-24-8-25-16(9)10/h1-5,23H,6-8H2/b20-15-. The number of oxime groups is 1. The van der Waals surface area contributed by atoms with E-state index in [-0.39, 0.29) is 25.7 Å². The molecule has 2 heterocycles. The molecule has 1 amide bonds. The summed E-state index contributed by atoms with van der Waals surface area (Å²) in [6, 6.07) is 7.92. The monoisotopic (exact) mass is 406 g/mol. The third kappa shape index (κ3) is 2.67. The molecule has 0 aromatic heterocycles. The maximum atomic E-state index is 13.9. The lowest BCUT2D eigenvalue weighted by Crippen LogP contribution is -2.30. The van der Waals surface area contributed by atoms with Gasteiger partial charge >= 0.3 is 0 Å². The van der Waals surface area contributed by atoms with E-state index < -0.39 is 11.7 Å². The molecule has 0 bridgehead atoms. The average Bonchev–Trinajstić information content (AvgIpc) is 2.85. The molecule has 2 aliphatic rings. The molecule has 8 heteroatoms. The van der Waals surface area contributed by atoms with Crippen LogP contribution in [-0.4, -0.2) is 23.6 Å². The Kier molecular flexibility index (Phi) is 3.93. The molecular formula is C17H12BrFN2O4. The van der Waals surface area contributed by atoms with Gasteiger partial charge in [0, 0.05) is 21.2 Å². The fraction of sp³-hybridized carbons (Fsp3) is 0.176. The van der Waals surface area contributed by atoms with Crippen LogP contribution in [0.1, 0.15) is 16.7 Å². The second-order valence-electron chi connectivity index (χ2n) is 5.67. The van der Waals surface area contributed by atoms with Gasteiger partial charge in [0.15, 0.2) is 12.5 Å². The van der Waals surface area contributed by atoms with E-state index >= 15 is 0 Å². The summed E-state index contributed by atoms with van der Waals surface area (Å²) in [5.74, 6) is -0.365. The second-order valence-corrected chi connectivity index (χ2v) is 6.58. The smallest absolute Gasteiger partial charge is 0.281 e. The highest BCUT2D eigenvalue weighted by atomic mass is 79.9. The second kappa shape index (κ2) is 6.12. The predicted molar refractivity (Wildman–Crippen MR) is 90.3 cm³/mol. The summed E-state index contributed by atoms with van der Waals surface area (Å²) in [5, 5.41) is 12.3. The Balaban J connectivity index is 1.78. The van der Waals surface area contributed by atoms with Gasteiger partial charge in [-0.25, -0.2) is 4.39 Å². The number of fused-ring (bicyclic) bond motifs is 2. The van der Waals surface area contributed by atoms with E-state index in [1.807, 2.05) is 0 Å². The van der Waals surface area contributed by atoms with Crippen LogP contribution < -0.4 is 9.64 Å². The Labute approximate surface area is 150 Å². The third-order valence-corrected chi connectivity index (χ3v) is 4.63. The lowest BCUT2D eigenvalue weighted by molar-refractivity contribution is -0.112. The van der Waals surface area contributed by atoms with Gasteiger partial charge < -0.3 is 19.6 Å². The van der Waals surface area contributed by atoms with Crippen molar-refractivity contribution in [3.05, 3.63) is 57.3 Å². The van der Waals surface area contributed by atoms with Crippen LogP contribution >= 0.6 is 15.9 Å². The first-order valence-electron chi connectivity index (χ1n) is 7.44. The predicted octanol–water partition coefficient (Wildman–Crippen LogP) is 3.18. The van der Waals surface area contributed by atoms with Crippen LogP contribution in [0.5, 0.6) is 5.75 Å². The van der Waals surface area contributed by atoms with Gasteiger partial charge in [-0.05, 0) is 30.3 Å². The maximum Gasteiger partial charge on any atom is 0.281 e. The summed E-state index contributed by atoms with van der Waals surface area (Å²) in [5.41, 5.74) is 2.17. The van der Waals surface area contributed by atoms with Crippen molar-refractivity contribution in [2.45, 2.75) is 13.2 Å². The molecule has 0 fully saturated rings. The van der Waals surface area contributed by atoms with Gasteiger partial charge in [0.2, 0.25) is 0 Å². The number of carbonyl (C=O) groups is 1. The molecule has 4 rings (SSSR count). The molecule has 128 valence electrons. The van der Waals surface area contributed by atoms with Crippen molar-refractivity contribution in [3.8, 4) is 5.75 Å². The number of rotatable bonds is 2. The van der Waals surface area contributed by atoms with Gasteiger partial charge in [-0.3, -0.25) is 4.79 Å². The molecule has 25 heavy (non-hydrogen) atoms. The number of ether oxygens (including phenoxy) is 2. The maximum absolute atomic E-state index is 13.9. The van der Waals surface area contributed by atoms with E-state index in [0.29, 0.717) is 28.1 Å². The van der Waals surface area contributed by atoms with Crippen LogP contribution in [0.4, 0.5) is 10.1 Å². The fourth-order valence-corrected chi connectivity index (χ4v) is 3.44. The van der Waals surface area contributed by atoms with E-state index in [1.54, 1.807) is 18.2 Å². The Morgan fingerprint density at radius 2 is 2.16 bits per heavy atom. The zero-order valence-electron chi connectivity index (χ0n) is 12.8. The number of hydrogen-bond donors (Lipinski definition) is 1. The van der Waals surface area contributed by atoms with Crippen LogP contribution in [0.15, 0.2) is 40.0 Å². The lowest BCUT2D eigenvalue weighted by atomic mass is 10.1. The molecule has 1 N–H and O–H groups in total. The van der Waals surface area contributed by atoms with Crippen LogP contribution in [0.25, 0.3) is 0 Å². The minimum Gasteiger partial charge on any atom is -0.467 e. The number of carbonyl (C=O) groups excluding carboxylic acids is 1. The minimum absolute atomic E-state index is 0.0502. The van der Waals surface area contributed by atoms with Crippen molar-refractivity contribution in [2.75, 3.05) is 11.7 Å². The highest BCUT2D eigenvalue weighted by molar-refractivity contribution is 9.10. The van der Waals surface area contributed by atoms with Crippen molar-refractivity contribution >= 4 is 33.2 Å². The normalized spacial score (nSPS) is 17.4. The first kappa shape index (κ1) is 16.0. The summed E-state index contributed by atoms with van der Waals surface area (Å²) in [4.78, 5) is 14.1. The summed E-state index contributed by atoms with van der Waals surface area (Å²) in [6.07, 6.45) is 0. The molecule has 0 saturated carbocycles. The largest absolute Gasteiger partial charge is 0.467 e. The van der Waals surface area contributed by atoms with Crippen molar-refractivity contribution in [3.63, 3.8) is 0 Å². The summed E-state index contributed by atoms with van der Waals surface area (Å²) >= 11 is 3.34. The summed E-state index contributed by atoms with van der Waals surface area (Å²) in [7, 11) is 0. The van der Waals surface area contributed by atoms with Gasteiger partial charge in [0.25, 0.3) is 5.91 Å². The number of hydrogen-bond acceptors (Lipinski definition) is 5. The van der Waals surface area contributed by atoms with Crippen molar-refractivity contribution in [1.82, 2.24) is 0 Å². The average molecular weight is 407 g/mol. The molecule has 0 unspecified atom stereocenters. The summed E-state index contributed by atoms with van der Waals surface area (Å²) in [6.45, 7) is 0.417. The first-order valence-corrected chi connectivity index (χ1v) is 8.23. The topological polar surface area (TPSA) is 71.4 Å². The van der Waals surface area contributed by atoms with Gasteiger partial charge in [0.1, 0.15) is 11.6 Å². The Hall–Kier alpha value is -2.45. The van der Waals surface area contributed by atoms with Crippen LogP contribution in [0.2, 0.25) is 0 Å². The molecule has 0 spiro atoms. The van der Waals surface area contributed by atoms with Gasteiger partial charge in [-0.1, -0.05) is 21.1 Å². The zero-order valence-corrected chi connectivity index (χ0v) is 14.4. The van der Waals surface area contributed by atoms with Crippen molar-refractivity contribution in [2.24, 2.45) is 5.16 Å². The SMILES string of the molecule is O=C1/C(=N\O)c2cc(Br)ccc2N1Cc1cc(F)cc2c1OCOC2. The van der Waals surface area contributed by atoms with E-state index in [4.69, 9.17) is 9.47 Å². The Morgan fingerprint density at radius 1 is 1.32 bits per heavy atom. The number of halogens is 2. The van der Waals surface area contributed by atoms with Gasteiger partial charge in [0.05, 0.1) is 18.8 Å². The molecule has 0 radical (unpaired) electrons. The molecular weight excluding hydrogens is 395 g/mol. The highest BCUT2D eigenvalue weighted by Crippen LogP contribution is 2.36. The Bertz CT molecular complexity index is 916. The molecule has 0 atom stereocenters. The third-order valence-electron chi connectivity index (χ3n) is 4.13. The lowest BCUT2D eigenvalue weighted by Gasteiger charge is -2.24. The molecule has 0 saturated heterocycles.